The Kier molecular flexibility index (Phi) is 4.90. The van der Waals surface area contributed by atoms with Gasteiger partial charge in [0.25, 0.3) is 5.91 Å². The Labute approximate surface area is 147 Å². The van der Waals surface area contributed by atoms with Gasteiger partial charge in [-0.2, -0.15) is 0 Å². The number of carbonyl (C=O) groups is 1. The van der Waals surface area contributed by atoms with Crippen molar-refractivity contribution in [1.82, 2.24) is 10.2 Å². The van der Waals surface area contributed by atoms with Crippen LogP contribution in [-0.2, 0) is 4.79 Å². The smallest absolute Gasteiger partial charge is 0.265 e. The van der Waals surface area contributed by atoms with Crippen molar-refractivity contribution in [3.05, 3.63) is 59.4 Å². The highest BCUT2D eigenvalue weighted by Gasteiger charge is 2.15. The zero-order valence-corrected chi connectivity index (χ0v) is 14.4. The van der Waals surface area contributed by atoms with Crippen LogP contribution in [0.15, 0.2) is 63.8 Å². The summed E-state index contributed by atoms with van der Waals surface area (Å²) in [6.07, 6.45) is 0.618. The molecule has 122 valence electrons. The van der Waals surface area contributed by atoms with E-state index in [4.69, 9.17) is 9.15 Å². The second-order valence-electron chi connectivity index (χ2n) is 5.03. The first-order valence-corrected chi connectivity index (χ1v) is 8.01. The summed E-state index contributed by atoms with van der Waals surface area (Å²) < 4.78 is 11.7. The third-order valence-corrected chi connectivity index (χ3v) is 3.76. The predicted molar refractivity (Wildman–Crippen MR) is 92.6 cm³/mol. The number of rotatable bonds is 5. The molecule has 2 aromatic carbocycles. The van der Waals surface area contributed by atoms with Crippen LogP contribution < -0.4 is 10.1 Å². The van der Waals surface area contributed by atoms with Crippen molar-refractivity contribution in [2.24, 2.45) is 0 Å². The summed E-state index contributed by atoms with van der Waals surface area (Å²) in [5, 5.41) is 10.3. The molecule has 3 rings (SSSR count). The van der Waals surface area contributed by atoms with E-state index in [9.17, 15) is 4.79 Å². The molecule has 1 atom stereocenters. The minimum atomic E-state index is -0.641. The largest absolute Gasteiger partial charge is 0.481 e. The van der Waals surface area contributed by atoms with Crippen LogP contribution in [0.3, 0.4) is 0 Å². The first-order chi connectivity index (χ1) is 11.6. The Morgan fingerprint density at radius 2 is 2.04 bits per heavy atom. The molecule has 0 bridgehead atoms. The molecule has 1 heterocycles. The average Bonchev–Trinajstić information content (AvgIpc) is 3.12. The molecular weight excluding hydrogens is 374 g/mol. The van der Waals surface area contributed by atoms with Crippen molar-refractivity contribution in [2.75, 3.05) is 5.32 Å². The molecule has 7 heteroatoms. The van der Waals surface area contributed by atoms with Crippen molar-refractivity contribution in [2.45, 2.75) is 13.0 Å². The molecule has 0 aliphatic rings. The van der Waals surface area contributed by atoms with Crippen molar-refractivity contribution in [3.63, 3.8) is 0 Å². The molecule has 3 aromatic rings. The molecule has 0 fully saturated rings. The molecule has 1 N–H and O–H groups in total. The van der Waals surface area contributed by atoms with E-state index >= 15 is 0 Å². The van der Waals surface area contributed by atoms with Gasteiger partial charge in [-0.25, -0.2) is 0 Å². The van der Waals surface area contributed by atoms with Gasteiger partial charge in [-0.3, -0.25) is 4.79 Å². The summed E-state index contributed by atoms with van der Waals surface area (Å²) in [5.74, 6) is 0.770. The fourth-order valence-corrected chi connectivity index (χ4v) is 2.31. The molecule has 0 radical (unpaired) electrons. The summed E-state index contributed by atoms with van der Waals surface area (Å²) in [6.45, 7) is 1.69. The molecule has 1 unspecified atom stereocenters. The highest BCUT2D eigenvalue weighted by molar-refractivity contribution is 9.10. The molecule has 1 amide bonds. The maximum atomic E-state index is 12.3. The van der Waals surface area contributed by atoms with Crippen LogP contribution in [0.1, 0.15) is 6.92 Å². The van der Waals surface area contributed by atoms with Crippen LogP contribution in [0.5, 0.6) is 5.75 Å². The number of amides is 1. The number of aromatic nitrogens is 2. The van der Waals surface area contributed by atoms with Crippen molar-refractivity contribution in [3.8, 4) is 17.2 Å². The normalized spacial score (nSPS) is 11.8. The second kappa shape index (κ2) is 7.27. The van der Waals surface area contributed by atoms with Gasteiger partial charge in [0, 0.05) is 15.7 Å². The molecule has 0 saturated carbocycles. The van der Waals surface area contributed by atoms with Crippen LogP contribution in [0.25, 0.3) is 11.5 Å². The lowest BCUT2D eigenvalue weighted by molar-refractivity contribution is -0.122. The van der Waals surface area contributed by atoms with E-state index in [1.54, 1.807) is 37.3 Å². The van der Waals surface area contributed by atoms with Crippen LogP contribution in [-0.4, -0.2) is 22.2 Å². The monoisotopic (exact) mass is 387 g/mol. The lowest BCUT2D eigenvalue weighted by Gasteiger charge is -2.15. The zero-order valence-electron chi connectivity index (χ0n) is 12.8. The van der Waals surface area contributed by atoms with Gasteiger partial charge in [-0.15, -0.1) is 10.2 Å². The Hall–Kier alpha value is -2.67. The number of benzene rings is 2. The van der Waals surface area contributed by atoms with Gasteiger partial charge in [-0.1, -0.05) is 22.0 Å². The maximum Gasteiger partial charge on any atom is 0.265 e. The Balaban J connectivity index is 1.66. The Morgan fingerprint density at radius 1 is 1.25 bits per heavy atom. The predicted octanol–water partition coefficient (Wildman–Crippen LogP) is 3.91. The number of halogens is 1. The maximum absolute atomic E-state index is 12.3. The van der Waals surface area contributed by atoms with Crippen LogP contribution in [0, 0.1) is 0 Å². The van der Waals surface area contributed by atoms with Gasteiger partial charge in [0.15, 0.2) is 6.10 Å². The van der Waals surface area contributed by atoms with E-state index in [2.05, 4.69) is 31.4 Å². The number of hydrogen-bond acceptors (Lipinski definition) is 5. The average molecular weight is 388 g/mol. The number of nitrogens with one attached hydrogen (secondary N) is 1. The topological polar surface area (TPSA) is 77.2 Å². The van der Waals surface area contributed by atoms with Gasteiger partial charge in [0.2, 0.25) is 12.3 Å². The Morgan fingerprint density at radius 3 is 2.75 bits per heavy atom. The van der Waals surface area contributed by atoms with Gasteiger partial charge < -0.3 is 14.5 Å². The van der Waals surface area contributed by atoms with E-state index in [0.717, 1.165) is 10.0 Å². The van der Waals surface area contributed by atoms with Crippen LogP contribution in [0.2, 0.25) is 0 Å². The quantitative estimate of drug-likeness (QED) is 0.717. The summed E-state index contributed by atoms with van der Waals surface area (Å²) in [5.41, 5.74) is 1.36. The number of nitrogens with zero attached hydrogens (tertiary/aromatic N) is 2. The summed E-state index contributed by atoms with van der Waals surface area (Å²) in [7, 11) is 0. The number of hydrogen-bond donors (Lipinski definition) is 1. The molecule has 0 aliphatic heterocycles. The molecule has 1 aromatic heterocycles. The standard InChI is InChI=1S/C17H14BrN3O3/c1-11(24-15-7-5-13(18)6-8-15)16(22)20-14-4-2-3-12(9-14)17-21-19-10-23-17/h2-11H,1H3,(H,20,22). The van der Waals surface area contributed by atoms with Gasteiger partial charge in [0.05, 0.1) is 0 Å². The highest BCUT2D eigenvalue weighted by atomic mass is 79.9. The second-order valence-corrected chi connectivity index (χ2v) is 5.94. The fraction of sp³-hybridized carbons (Fsp3) is 0.118. The van der Waals surface area contributed by atoms with Gasteiger partial charge in [0.1, 0.15) is 5.75 Å². The third kappa shape index (κ3) is 3.99. The zero-order chi connectivity index (χ0) is 16.9. The minimum absolute atomic E-state index is 0.249. The van der Waals surface area contributed by atoms with Crippen molar-refractivity contribution < 1.29 is 13.9 Å². The molecule has 0 spiro atoms. The molecule has 24 heavy (non-hydrogen) atoms. The third-order valence-electron chi connectivity index (χ3n) is 3.23. The van der Waals surface area contributed by atoms with Crippen molar-refractivity contribution >= 4 is 27.5 Å². The van der Waals surface area contributed by atoms with Gasteiger partial charge in [-0.05, 0) is 49.4 Å². The minimum Gasteiger partial charge on any atom is -0.481 e. The Bertz CT molecular complexity index is 819. The first kappa shape index (κ1) is 16.2. The number of ether oxygens (including phenoxy) is 1. The lowest BCUT2D eigenvalue weighted by atomic mass is 10.2. The molecule has 0 aliphatic carbocycles. The van der Waals surface area contributed by atoms with E-state index in [1.165, 1.54) is 6.39 Å². The van der Waals surface area contributed by atoms with Gasteiger partial charge >= 0.3 is 0 Å². The summed E-state index contributed by atoms with van der Waals surface area (Å²) in [6, 6.07) is 14.5. The highest BCUT2D eigenvalue weighted by Crippen LogP contribution is 2.21. The number of carbonyl (C=O) groups excluding carboxylic acids is 1. The molecular formula is C17H14BrN3O3. The van der Waals surface area contributed by atoms with Crippen LogP contribution in [0.4, 0.5) is 5.69 Å². The first-order valence-electron chi connectivity index (χ1n) is 7.21. The van der Waals surface area contributed by atoms with E-state index < -0.39 is 6.10 Å². The molecule has 6 nitrogen and oxygen atoms in total. The fourth-order valence-electron chi connectivity index (χ4n) is 2.04. The van der Waals surface area contributed by atoms with E-state index in [0.29, 0.717) is 17.3 Å². The van der Waals surface area contributed by atoms with Crippen LogP contribution >= 0.6 is 15.9 Å². The van der Waals surface area contributed by atoms with E-state index in [1.807, 2.05) is 18.2 Å². The summed E-state index contributed by atoms with van der Waals surface area (Å²) >= 11 is 3.36. The van der Waals surface area contributed by atoms with Crippen molar-refractivity contribution in [1.29, 1.82) is 0 Å². The molecule has 0 saturated heterocycles. The number of anilines is 1. The summed E-state index contributed by atoms with van der Waals surface area (Å²) in [4.78, 5) is 12.3. The lowest BCUT2D eigenvalue weighted by Crippen LogP contribution is -2.30. The van der Waals surface area contributed by atoms with E-state index in [-0.39, 0.29) is 5.91 Å². The SMILES string of the molecule is CC(Oc1ccc(Br)cc1)C(=O)Nc1cccc(-c2nnco2)c1.